The van der Waals surface area contributed by atoms with E-state index >= 15 is 0 Å². The number of ether oxygens (including phenoxy) is 3. The number of oxazole rings is 1. The third kappa shape index (κ3) is 4.10. The minimum Gasteiger partial charge on any atom is -0.497 e. The standard InChI is InChI=1S/C20H17NO5/c1-3-7-17-19(26-20(22)24-16-8-5-4-6-9-16)25-18(21-17)14-10-12-15(23-2)13-11-14/h3-6,8-13H,1,7H2,2H3. The number of allylic oxidation sites excluding steroid dienone is 1. The molecule has 0 amide bonds. The van der Waals surface area contributed by atoms with Crippen molar-refractivity contribution in [3.8, 4) is 28.9 Å². The second-order valence-electron chi connectivity index (χ2n) is 5.24. The van der Waals surface area contributed by atoms with Gasteiger partial charge in [-0.1, -0.05) is 24.3 Å². The summed E-state index contributed by atoms with van der Waals surface area (Å²) in [4.78, 5) is 16.4. The Morgan fingerprint density at radius 1 is 1.08 bits per heavy atom. The minimum absolute atomic E-state index is 0.0170. The maximum atomic E-state index is 12.0. The lowest BCUT2D eigenvalue weighted by Gasteiger charge is -2.03. The highest BCUT2D eigenvalue weighted by atomic mass is 16.8. The predicted octanol–water partition coefficient (Wildman–Crippen LogP) is 4.66. The predicted molar refractivity (Wildman–Crippen MR) is 95.5 cm³/mol. The van der Waals surface area contributed by atoms with Crippen molar-refractivity contribution in [1.29, 1.82) is 0 Å². The normalized spacial score (nSPS) is 10.2. The number of aromatic nitrogens is 1. The van der Waals surface area contributed by atoms with Crippen LogP contribution in [-0.2, 0) is 6.42 Å². The maximum Gasteiger partial charge on any atom is 0.521 e. The van der Waals surface area contributed by atoms with Crippen LogP contribution in [0.5, 0.6) is 17.4 Å². The molecule has 1 heterocycles. The summed E-state index contributed by atoms with van der Waals surface area (Å²) in [7, 11) is 1.59. The molecule has 3 rings (SSSR count). The van der Waals surface area contributed by atoms with Gasteiger partial charge in [0.1, 0.15) is 17.2 Å². The smallest absolute Gasteiger partial charge is 0.497 e. The zero-order valence-electron chi connectivity index (χ0n) is 14.2. The molecule has 0 spiro atoms. The Balaban J connectivity index is 1.80. The van der Waals surface area contributed by atoms with E-state index in [4.69, 9.17) is 18.6 Å². The van der Waals surface area contributed by atoms with Crippen LogP contribution in [0.4, 0.5) is 4.79 Å². The van der Waals surface area contributed by atoms with Gasteiger partial charge in [-0.2, -0.15) is 0 Å². The molecule has 0 aliphatic rings. The van der Waals surface area contributed by atoms with E-state index in [1.807, 2.05) is 6.07 Å². The van der Waals surface area contributed by atoms with Gasteiger partial charge in [-0.05, 0) is 36.4 Å². The molecule has 132 valence electrons. The lowest BCUT2D eigenvalue weighted by atomic mass is 10.2. The topological polar surface area (TPSA) is 70.8 Å². The quantitative estimate of drug-likeness (QED) is 0.365. The summed E-state index contributed by atoms with van der Waals surface area (Å²) in [6.07, 6.45) is 1.12. The van der Waals surface area contributed by atoms with Gasteiger partial charge in [-0.25, -0.2) is 9.78 Å². The average molecular weight is 351 g/mol. The van der Waals surface area contributed by atoms with Gasteiger partial charge in [-0.15, -0.1) is 6.58 Å². The van der Waals surface area contributed by atoms with Gasteiger partial charge in [0.05, 0.1) is 7.11 Å². The third-order valence-corrected chi connectivity index (χ3v) is 3.46. The molecule has 0 bridgehead atoms. The lowest BCUT2D eigenvalue weighted by Crippen LogP contribution is -2.14. The Labute approximate surface area is 150 Å². The van der Waals surface area contributed by atoms with E-state index in [2.05, 4.69) is 11.6 Å². The Morgan fingerprint density at radius 3 is 2.46 bits per heavy atom. The van der Waals surface area contributed by atoms with Crippen molar-refractivity contribution in [2.75, 3.05) is 7.11 Å². The molecule has 0 unspecified atom stereocenters. The monoisotopic (exact) mass is 351 g/mol. The van der Waals surface area contributed by atoms with Gasteiger partial charge in [0.15, 0.2) is 0 Å². The van der Waals surface area contributed by atoms with Gasteiger partial charge in [0.2, 0.25) is 5.89 Å². The van der Waals surface area contributed by atoms with Crippen LogP contribution in [0.1, 0.15) is 5.69 Å². The number of rotatable bonds is 6. The fourth-order valence-corrected chi connectivity index (χ4v) is 2.22. The molecule has 6 nitrogen and oxygen atoms in total. The van der Waals surface area contributed by atoms with Crippen LogP contribution in [0.3, 0.4) is 0 Å². The summed E-state index contributed by atoms with van der Waals surface area (Å²) in [5.41, 5.74) is 1.18. The van der Waals surface area contributed by atoms with Crippen LogP contribution in [0.15, 0.2) is 71.7 Å². The van der Waals surface area contributed by atoms with Crippen molar-refractivity contribution in [2.45, 2.75) is 6.42 Å². The van der Waals surface area contributed by atoms with E-state index in [1.165, 1.54) is 0 Å². The van der Waals surface area contributed by atoms with Crippen LogP contribution >= 0.6 is 0 Å². The molecule has 0 aliphatic carbocycles. The van der Waals surface area contributed by atoms with Crippen molar-refractivity contribution in [1.82, 2.24) is 4.98 Å². The molecule has 6 heteroatoms. The van der Waals surface area contributed by atoms with Gasteiger partial charge < -0.3 is 18.6 Å². The molecular weight excluding hydrogens is 334 g/mol. The van der Waals surface area contributed by atoms with E-state index in [9.17, 15) is 4.79 Å². The number of methoxy groups -OCH3 is 1. The zero-order chi connectivity index (χ0) is 18.4. The molecule has 0 radical (unpaired) electrons. The second-order valence-corrected chi connectivity index (χ2v) is 5.24. The first-order valence-corrected chi connectivity index (χ1v) is 7.89. The fourth-order valence-electron chi connectivity index (χ4n) is 2.22. The van der Waals surface area contributed by atoms with E-state index in [1.54, 1.807) is 61.7 Å². The fraction of sp³-hybridized carbons (Fsp3) is 0.100. The van der Waals surface area contributed by atoms with E-state index in [0.717, 1.165) is 11.3 Å². The third-order valence-electron chi connectivity index (χ3n) is 3.46. The average Bonchev–Trinajstić information content (AvgIpc) is 3.05. The Bertz CT molecular complexity index is 884. The molecule has 0 saturated carbocycles. The molecule has 0 saturated heterocycles. The first-order valence-electron chi connectivity index (χ1n) is 7.89. The van der Waals surface area contributed by atoms with E-state index < -0.39 is 6.16 Å². The SMILES string of the molecule is C=CCc1nc(-c2ccc(OC)cc2)oc1OC(=O)Oc1ccccc1. The number of para-hydroxylation sites is 1. The van der Waals surface area contributed by atoms with E-state index in [0.29, 0.717) is 23.8 Å². The number of benzene rings is 2. The summed E-state index contributed by atoms with van der Waals surface area (Å²) in [5.74, 6) is 1.40. The second kappa shape index (κ2) is 8.02. The summed E-state index contributed by atoms with van der Waals surface area (Å²) < 4.78 is 21.0. The van der Waals surface area contributed by atoms with Gasteiger partial charge >= 0.3 is 12.1 Å². The van der Waals surface area contributed by atoms with E-state index in [-0.39, 0.29) is 5.95 Å². The molecule has 0 aliphatic heterocycles. The Hall–Kier alpha value is -3.54. The lowest BCUT2D eigenvalue weighted by molar-refractivity contribution is 0.140. The molecule has 0 N–H and O–H groups in total. The van der Waals surface area contributed by atoms with Crippen LogP contribution in [0, 0.1) is 0 Å². The summed E-state index contributed by atoms with van der Waals surface area (Å²) in [6, 6.07) is 15.8. The Morgan fingerprint density at radius 2 is 1.81 bits per heavy atom. The zero-order valence-corrected chi connectivity index (χ0v) is 14.2. The summed E-state index contributed by atoms with van der Waals surface area (Å²) >= 11 is 0. The summed E-state index contributed by atoms with van der Waals surface area (Å²) in [5, 5.41) is 0. The highest BCUT2D eigenvalue weighted by molar-refractivity contribution is 5.67. The van der Waals surface area contributed by atoms with Crippen molar-refractivity contribution >= 4 is 6.16 Å². The molecule has 0 fully saturated rings. The first-order chi connectivity index (χ1) is 12.7. The van der Waals surface area contributed by atoms with Crippen LogP contribution in [-0.4, -0.2) is 18.2 Å². The van der Waals surface area contributed by atoms with Crippen molar-refractivity contribution < 1.29 is 23.4 Å². The maximum absolute atomic E-state index is 12.0. The highest BCUT2D eigenvalue weighted by Gasteiger charge is 2.19. The summed E-state index contributed by atoms with van der Waals surface area (Å²) in [6.45, 7) is 3.68. The van der Waals surface area contributed by atoms with Gasteiger partial charge in [0.25, 0.3) is 0 Å². The number of hydrogen-bond acceptors (Lipinski definition) is 6. The molecule has 0 atom stereocenters. The number of nitrogens with zero attached hydrogens (tertiary/aromatic N) is 1. The molecule has 26 heavy (non-hydrogen) atoms. The molecule has 3 aromatic rings. The van der Waals surface area contributed by atoms with Crippen molar-refractivity contribution in [3.63, 3.8) is 0 Å². The number of carbonyl (C=O) groups excluding carboxylic acids is 1. The molecular formula is C20H17NO5. The number of hydrogen-bond donors (Lipinski definition) is 0. The number of carbonyl (C=O) groups is 1. The Kier molecular flexibility index (Phi) is 5.34. The largest absolute Gasteiger partial charge is 0.521 e. The van der Waals surface area contributed by atoms with Crippen LogP contribution < -0.4 is 14.2 Å². The molecule has 1 aromatic heterocycles. The highest BCUT2D eigenvalue weighted by Crippen LogP contribution is 2.29. The van der Waals surface area contributed by atoms with Crippen LogP contribution in [0.25, 0.3) is 11.5 Å². The van der Waals surface area contributed by atoms with Crippen molar-refractivity contribution in [3.05, 3.63) is 72.9 Å². The van der Waals surface area contributed by atoms with Gasteiger partial charge in [-0.3, -0.25) is 0 Å². The molecule has 2 aromatic carbocycles. The first kappa shape index (κ1) is 17.3. The minimum atomic E-state index is -0.904. The van der Waals surface area contributed by atoms with Gasteiger partial charge in [0, 0.05) is 12.0 Å². The van der Waals surface area contributed by atoms with Crippen molar-refractivity contribution in [2.24, 2.45) is 0 Å². The van der Waals surface area contributed by atoms with Crippen LogP contribution in [0.2, 0.25) is 0 Å².